The predicted octanol–water partition coefficient (Wildman–Crippen LogP) is 3.98. The molecule has 2 nitrogen and oxygen atoms in total. The third kappa shape index (κ3) is 4.81. The van der Waals surface area contributed by atoms with Gasteiger partial charge in [-0.25, -0.2) is 0 Å². The van der Waals surface area contributed by atoms with Crippen LogP contribution >= 0.6 is 12.6 Å². The van der Waals surface area contributed by atoms with Gasteiger partial charge in [-0.15, -0.1) is 0 Å². The van der Waals surface area contributed by atoms with Crippen molar-refractivity contribution in [2.75, 3.05) is 19.5 Å². The summed E-state index contributed by atoms with van der Waals surface area (Å²) < 4.78 is 11.2. The summed E-state index contributed by atoms with van der Waals surface area (Å²) in [6.45, 7) is 5.10. The van der Waals surface area contributed by atoms with Gasteiger partial charge < -0.3 is 9.47 Å². The monoisotopic (exact) mass is 268 g/mol. The predicted molar refractivity (Wildman–Crippen MR) is 80.1 cm³/mol. The van der Waals surface area contributed by atoms with Crippen molar-refractivity contribution in [3.63, 3.8) is 0 Å². The van der Waals surface area contributed by atoms with Crippen molar-refractivity contribution in [3.8, 4) is 11.5 Å². The summed E-state index contributed by atoms with van der Waals surface area (Å²) in [5.41, 5.74) is 1.27. The highest BCUT2D eigenvalue weighted by Crippen LogP contribution is 2.28. The van der Waals surface area contributed by atoms with E-state index in [1.54, 1.807) is 7.11 Å². The van der Waals surface area contributed by atoms with Gasteiger partial charge in [-0.05, 0) is 48.6 Å². The van der Waals surface area contributed by atoms with Crippen LogP contribution in [0.2, 0.25) is 0 Å². The van der Waals surface area contributed by atoms with E-state index in [1.165, 1.54) is 5.56 Å². The van der Waals surface area contributed by atoms with Crippen LogP contribution in [0.15, 0.2) is 18.2 Å². The third-order valence-electron chi connectivity index (χ3n) is 3.13. The van der Waals surface area contributed by atoms with E-state index in [0.717, 1.165) is 43.1 Å². The standard InChI is InChI=1S/C15H24O2S/c1-4-13-5-6-14(15(11-13)16-3)17-9-7-12(2)8-10-18/h5-6,11-12,18H,4,7-10H2,1-3H3. The van der Waals surface area contributed by atoms with Crippen molar-refractivity contribution in [2.24, 2.45) is 5.92 Å². The zero-order chi connectivity index (χ0) is 13.4. The maximum absolute atomic E-state index is 5.79. The molecule has 3 heteroatoms. The van der Waals surface area contributed by atoms with Crippen molar-refractivity contribution in [3.05, 3.63) is 23.8 Å². The molecule has 0 heterocycles. The summed E-state index contributed by atoms with van der Waals surface area (Å²) in [6, 6.07) is 6.14. The van der Waals surface area contributed by atoms with E-state index in [9.17, 15) is 0 Å². The molecule has 0 radical (unpaired) electrons. The molecule has 102 valence electrons. The van der Waals surface area contributed by atoms with E-state index in [2.05, 4.69) is 32.5 Å². The summed E-state index contributed by atoms with van der Waals surface area (Å²) in [7, 11) is 1.69. The number of rotatable bonds is 8. The highest BCUT2D eigenvalue weighted by atomic mass is 32.1. The van der Waals surface area contributed by atoms with E-state index in [1.807, 2.05) is 12.1 Å². The van der Waals surface area contributed by atoms with Crippen molar-refractivity contribution in [1.29, 1.82) is 0 Å². The first kappa shape index (κ1) is 15.2. The second-order valence-corrected chi connectivity index (χ2v) is 5.04. The molecular weight excluding hydrogens is 244 g/mol. The van der Waals surface area contributed by atoms with E-state index in [4.69, 9.17) is 9.47 Å². The zero-order valence-corrected chi connectivity index (χ0v) is 12.5. The van der Waals surface area contributed by atoms with Crippen LogP contribution in [-0.2, 0) is 6.42 Å². The van der Waals surface area contributed by atoms with E-state index in [0.29, 0.717) is 5.92 Å². The number of methoxy groups -OCH3 is 1. The molecule has 1 aromatic carbocycles. The van der Waals surface area contributed by atoms with Gasteiger partial charge in [0.1, 0.15) is 0 Å². The molecule has 0 aliphatic carbocycles. The van der Waals surface area contributed by atoms with E-state index < -0.39 is 0 Å². The molecule has 0 aliphatic heterocycles. The van der Waals surface area contributed by atoms with Crippen molar-refractivity contribution >= 4 is 12.6 Å². The lowest BCUT2D eigenvalue weighted by Crippen LogP contribution is -2.05. The molecule has 1 atom stereocenters. The number of aryl methyl sites for hydroxylation is 1. The molecule has 0 saturated carbocycles. The number of thiol groups is 1. The Morgan fingerprint density at radius 1 is 1.22 bits per heavy atom. The van der Waals surface area contributed by atoms with Gasteiger partial charge in [0.05, 0.1) is 13.7 Å². The van der Waals surface area contributed by atoms with Crippen LogP contribution in [0.1, 0.15) is 32.3 Å². The lowest BCUT2D eigenvalue weighted by molar-refractivity contribution is 0.267. The largest absolute Gasteiger partial charge is 0.493 e. The van der Waals surface area contributed by atoms with Gasteiger partial charge in [0.2, 0.25) is 0 Å². The quantitative estimate of drug-likeness (QED) is 0.719. The minimum atomic E-state index is 0.656. The van der Waals surface area contributed by atoms with Crippen LogP contribution in [0.25, 0.3) is 0 Å². The van der Waals surface area contributed by atoms with Crippen molar-refractivity contribution in [2.45, 2.75) is 33.1 Å². The van der Waals surface area contributed by atoms with Gasteiger partial charge in [0, 0.05) is 0 Å². The molecule has 1 rings (SSSR count). The second kappa shape index (κ2) is 8.30. The molecule has 0 amide bonds. The number of ether oxygens (including phenoxy) is 2. The van der Waals surface area contributed by atoms with Crippen molar-refractivity contribution < 1.29 is 9.47 Å². The minimum Gasteiger partial charge on any atom is -0.493 e. The van der Waals surface area contributed by atoms with Gasteiger partial charge in [-0.2, -0.15) is 12.6 Å². The summed E-state index contributed by atoms with van der Waals surface area (Å²) >= 11 is 4.24. The molecule has 0 fully saturated rings. The average Bonchev–Trinajstić information content (AvgIpc) is 2.39. The van der Waals surface area contributed by atoms with Crippen LogP contribution in [0.4, 0.5) is 0 Å². The summed E-state index contributed by atoms with van der Waals surface area (Å²) in [5.74, 6) is 3.27. The van der Waals surface area contributed by atoms with Gasteiger partial charge in [-0.1, -0.05) is 19.9 Å². The molecule has 1 unspecified atom stereocenters. The Kier molecular flexibility index (Phi) is 7.02. The zero-order valence-electron chi connectivity index (χ0n) is 11.6. The van der Waals surface area contributed by atoms with Gasteiger partial charge >= 0.3 is 0 Å². The van der Waals surface area contributed by atoms with Crippen LogP contribution in [0, 0.1) is 5.92 Å². The van der Waals surface area contributed by atoms with Crippen LogP contribution in [0.3, 0.4) is 0 Å². The highest BCUT2D eigenvalue weighted by Gasteiger charge is 2.06. The van der Waals surface area contributed by atoms with Crippen LogP contribution in [-0.4, -0.2) is 19.5 Å². The first-order chi connectivity index (χ1) is 8.71. The molecule has 0 bridgehead atoms. The number of hydrogen-bond donors (Lipinski definition) is 1. The number of hydrogen-bond acceptors (Lipinski definition) is 3. The van der Waals surface area contributed by atoms with Gasteiger partial charge in [0.15, 0.2) is 11.5 Å². The smallest absolute Gasteiger partial charge is 0.161 e. The summed E-state index contributed by atoms with van der Waals surface area (Å²) in [6.07, 6.45) is 3.20. The van der Waals surface area contributed by atoms with Gasteiger partial charge in [0.25, 0.3) is 0 Å². The lowest BCUT2D eigenvalue weighted by Gasteiger charge is -2.14. The second-order valence-electron chi connectivity index (χ2n) is 4.59. The lowest BCUT2D eigenvalue weighted by atomic mass is 10.1. The number of benzene rings is 1. The first-order valence-electron chi connectivity index (χ1n) is 6.61. The van der Waals surface area contributed by atoms with Crippen molar-refractivity contribution in [1.82, 2.24) is 0 Å². The fourth-order valence-electron chi connectivity index (χ4n) is 1.79. The molecule has 1 aromatic rings. The maximum atomic E-state index is 5.79. The molecule has 0 saturated heterocycles. The van der Waals surface area contributed by atoms with E-state index >= 15 is 0 Å². The van der Waals surface area contributed by atoms with E-state index in [-0.39, 0.29) is 0 Å². The summed E-state index contributed by atoms with van der Waals surface area (Å²) in [4.78, 5) is 0. The molecule has 0 spiro atoms. The fraction of sp³-hybridized carbons (Fsp3) is 0.600. The first-order valence-corrected chi connectivity index (χ1v) is 7.25. The van der Waals surface area contributed by atoms with Crippen LogP contribution in [0.5, 0.6) is 11.5 Å². The highest BCUT2D eigenvalue weighted by molar-refractivity contribution is 7.80. The molecular formula is C15H24O2S. The Balaban J connectivity index is 2.51. The summed E-state index contributed by atoms with van der Waals surface area (Å²) in [5, 5.41) is 0. The Labute approximate surface area is 116 Å². The topological polar surface area (TPSA) is 18.5 Å². The Bertz CT molecular complexity index is 352. The Morgan fingerprint density at radius 3 is 2.61 bits per heavy atom. The maximum Gasteiger partial charge on any atom is 0.161 e. The molecule has 18 heavy (non-hydrogen) atoms. The Hall–Kier alpha value is -0.830. The fourth-order valence-corrected chi connectivity index (χ4v) is 2.23. The Morgan fingerprint density at radius 2 is 2.00 bits per heavy atom. The third-order valence-corrected chi connectivity index (χ3v) is 3.38. The molecule has 0 aromatic heterocycles. The average molecular weight is 268 g/mol. The molecule has 0 N–H and O–H groups in total. The van der Waals surface area contributed by atoms with Gasteiger partial charge in [-0.3, -0.25) is 0 Å². The minimum absolute atomic E-state index is 0.656. The molecule has 0 aliphatic rings. The SMILES string of the molecule is CCc1ccc(OCCC(C)CCS)c(OC)c1. The normalized spacial score (nSPS) is 12.2. The van der Waals surface area contributed by atoms with Crippen LogP contribution < -0.4 is 9.47 Å².